The van der Waals surface area contributed by atoms with Crippen molar-refractivity contribution in [1.29, 1.82) is 0 Å². The van der Waals surface area contributed by atoms with E-state index in [1.165, 1.54) is 6.08 Å². The summed E-state index contributed by atoms with van der Waals surface area (Å²) < 4.78 is 18.7. The van der Waals surface area contributed by atoms with Crippen LogP contribution in [0, 0.1) is 6.92 Å². The third-order valence-corrected chi connectivity index (χ3v) is 10.00. The van der Waals surface area contributed by atoms with E-state index in [4.69, 9.17) is 35.8 Å². The van der Waals surface area contributed by atoms with Gasteiger partial charge >= 0.3 is 6.01 Å². The SMILES string of the molecule is C=CC(=O)N1CCN(c2nc(OC3CCN(C4COC4)CC3)nc3c(OC4CC4)c(-c4c(C)ccc5[nH]ncc45)c(Cl)cc23)CC1. The van der Waals surface area contributed by atoms with Gasteiger partial charge in [0.2, 0.25) is 5.91 Å². The predicted octanol–water partition coefficient (Wildman–Crippen LogP) is 4.75. The Balaban J connectivity index is 1.24. The first-order chi connectivity index (χ1) is 22.5. The summed E-state index contributed by atoms with van der Waals surface area (Å²) in [5.41, 5.74) is 4.44. The molecule has 0 atom stereocenters. The van der Waals surface area contributed by atoms with Gasteiger partial charge < -0.3 is 24.0 Å². The summed E-state index contributed by atoms with van der Waals surface area (Å²) in [6, 6.07) is 6.92. The Morgan fingerprint density at radius 3 is 2.46 bits per heavy atom. The van der Waals surface area contributed by atoms with Crippen molar-refractivity contribution in [2.24, 2.45) is 0 Å². The van der Waals surface area contributed by atoms with Gasteiger partial charge in [-0.05, 0) is 56.4 Å². The van der Waals surface area contributed by atoms with E-state index >= 15 is 0 Å². The number of aryl methyl sites for hydroxylation is 1. The quantitative estimate of drug-likeness (QED) is 0.272. The number of hydrogen-bond donors (Lipinski definition) is 1. The van der Waals surface area contributed by atoms with Crippen LogP contribution in [0.2, 0.25) is 5.02 Å². The third-order valence-electron chi connectivity index (χ3n) is 9.70. The van der Waals surface area contributed by atoms with E-state index in [0.717, 1.165) is 90.8 Å². The molecule has 240 valence electrons. The first kappa shape index (κ1) is 29.5. The highest BCUT2D eigenvalue weighted by Gasteiger charge is 2.33. The average Bonchev–Trinajstić information content (AvgIpc) is 3.74. The molecule has 4 fully saturated rings. The molecule has 1 N–H and O–H groups in total. The largest absolute Gasteiger partial charge is 0.487 e. The molecule has 4 aliphatic rings. The zero-order valence-electron chi connectivity index (χ0n) is 26.0. The Morgan fingerprint density at radius 1 is 1.00 bits per heavy atom. The fourth-order valence-electron chi connectivity index (χ4n) is 6.83. The van der Waals surface area contributed by atoms with Gasteiger partial charge in [-0.1, -0.05) is 24.2 Å². The molecule has 11 nitrogen and oxygen atoms in total. The van der Waals surface area contributed by atoms with Gasteiger partial charge in [0, 0.05) is 61.2 Å². The summed E-state index contributed by atoms with van der Waals surface area (Å²) in [5.74, 6) is 1.32. The number of rotatable bonds is 8. The van der Waals surface area contributed by atoms with E-state index in [1.54, 1.807) is 0 Å². The Kier molecular flexibility index (Phi) is 7.70. The van der Waals surface area contributed by atoms with Gasteiger partial charge in [-0.25, -0.2) is 0 Å². The Hall–Kier alpha value is -3.93. The van der Waals surface area contributed by atoms with Crippen molar-refractivity contribution in [3.8, 4) is 22.9 Å². The van der Waals surface area contributed by atoms with Crippen LogP contribution in [0.3, 0.4) is 0 Å². The summed E-state index contributed by atoms with van der Waals surface area (Å²) in [6.45, 7) is 11.6. The van der Waals surface area contributed by atoms with E-state index in [2.05, 4.69) is 39.6 Å². The molecule has 1 amide bonds. The molecule has 4 aromatic rings. The first-order valence-corrected chi connectivity index (χ1v) is 16.6. The Labute approximate surface area is 272 Å². The number of piperazine rings is 1. The van der Waals surface area contributed by atoms with Crippen molar-refractivity contribution < 1.29 is 19.0 Å². The van der Waals surface area contributed by atoms with Gasteiger partial charge in [0.25, 0.3) is 0 Å². The van der Waals surface area contributed by atoms with Gasteiger partial charge in [-0.3, -0.25) is 14.8 Å². The van der Waals surface area contributed by atoms with Crippen molar-refractivity contribution >= 4 is 45.1 Å². The van der Waals surface area contributed by atoms with Crippen molar-refractivity contribution in [3.05, 3.63) is 47.6 Å². The lowest BCUT2D eigenvalue weighted by Crippen LogP contribution is -2.53. The van der Waals surface area contributed by atoms with Crippen LogP contribution in [0.5, 0.6) is 11.8 Å². The van der Waals surface area contributed by atoms with Crippen LogP contribution >= 0.6 is 11.6 Å². The number of benzene rings is 2. The summed E-state index contributed by atoms with van der Waals surface area (Å²) in [4.78, 5) is 29.0. The molecule has 2 aromatic carbocycles. The molecule has 0 radical (unpaired) electrons. The van der Waals surface area contributed by atoms with Crippen molar-refractivity contribution in [3.63, 3.8) is 0 Å². The summed E-state index contributed by atoms with van der Waals surface area (Å²) in [7, 11) is 0. The number of carbonyl (C=O) groups is 1. The molecular formula is C34H38ClN7O4. The fraction of sp³-hybridized carbons (Fsp3) is 0.471. The smallest absolute Gasteiger partial charge is 0.319 e. The molecule has 0 spiro atoms. The first-order valence-electron chi connectivity index (χ1n) is 16.3. The van der Waals surface area contributed by atoms with Crippen LogP contribution in [0.15, 0.2) is 37.1 Å². The lowest BCUT2D eigenvalue weighted by molar-refractivity contribution is -0.126. The number of H-pyrrole nitrogens is 1. The molecule has 3 saturated heterocycles. The number of aromatic amines is 1. The van der Waals surface area contributed by atoms with Gasteiger partial charge in [0.15, 0.2) is 5.75 Å². The number of fused-ring (bicyclic) bond motifs is 2. The molecule has 0 unspecified atom stereocenters. The lowest BCUT2D eigenvalue weighted by atomic mass is 9.94. The average molecular weight is 644 g/mol. The number of piperidine rings is 1. The number of ether oxygens (including phenoxy) is 3. The van der Waals surface area contributed by atoms with Crippen LogP contribution in [0.1, 0.15) is 31.2 Å². The number of aromatic nitrogens is 4. The van der Waals surface area contributed by atoms with Crippen LogP contribution in [0.25, 0.3) is 32.9 Å². The number of amides is 1. The highest BCUT2D eigenvalue weighted by Crippen LogP contribution is 2.49. The summed E-state index contributed by atoms with van der Waals surface area (Å²) in [5, 5.41) is 9.75. The van der Waals surface area contributed by atoms with Crippen molar-refractivity contribution in [1.82, 2.24) is 30.0 Å². The van der Waals surface area contributed by atoms with Crippen LogP contribution in [-0.2, 0) is 9.53 Å². The van der Waals surface area contributed by atoms with E-state index in [9.17, 15) is 4.79 Å². The minimum absolute atomic E-state index is 0.00565. The fourth-order valence-corrected chi connectivity index (χ4v) is 7.12. The van der Waals surface area contributed by atoms with Gasteiger partial charge in [0.05, 0.1) is 42.1 Å². The van der Waals surface area contributed by atoms with Crippen LogP contribution < -0.4 is 14.4 Å². The normalized spacial score (nSPS) is 19.9. The molecule has 3 aliphatic heterocycles. The van der Waals surface area contributed by atoms with Gasteiger partial charge in [-0.15, -0.1) is 0 Å². The molecule has 1 saturated carbocycles. The Bertz CT molecular complexity index is 1800. The second-order valence-electron chi connectivity index (χ2n) is 12.8. The second-order valence-corrected chi connectivity index (χ2v) is 13.2. The number of hydrogen-bond acceptors (Lipinski definition) is 9. The topological polar surface area (TPSA) is 109 Å². The van der Waals surface area contributed by atoms with E-state index in [1.807, 2.05) is 23.2 Å². The third kappa shape index (κ3) is 5.44. The van der Waals surface area contributed by atoms with E-state index in [0.29, 0.717) is 54.5 Å². The molecule has 12 heteroatoms. The Morgan fingerprint density at radius 2 is 1.76 bits per heavy atom. The highest BCUT2D eigenvalue weighted by atomic mass is 35.5. The monoisotopic (exact) mass is 643 g/mol. The number of nitrogens with zero attached hydrogens (tertiary/aromatic N) is 6. The maximum absolute atomic E-state index is 12.3. The number of halogens is 1. The zero-order valence-corrected chi connectivity index (χ0v) is 26.8. The molecule has 0 bridgehead atoms. The molecule has 46 heavy (non-hydrogen) atoms. The van der Waals surface area contributed by atoms with Crippen LogP contribution in [0.4, 0.5) is 5.82 Å². The molecule has 5 heterocycles. The summed E-state index contributed by atoms with van der Waals surface area (Å²) in [6.07, 6.45) is 7.07. The number of anilines is 1. The maximum Gasteiger partial charge on any atom is 0.319 e. The number of carbonyl (C=O) groups excluding carboxylic acids is 1. The molecule has 1 aliphatic carbocycles. The predicted molar refractivity (Wildman–Crippen MR) is 177 cm³/mol. The molecule has 8 rings (SSSR count). The minimum Gasteiger partial charge on any atom is -0.487 e. The van der Waals surface area contributed by atoms with E-state index < -0.39 is 0 Å². The summed E-state index contributed by atoms with van der Waals surface area (Å²) >= 11 is 7.24. The number of nitrogens with one attached hydrogen (secondary N) is 1. The standard InChI is InChI=1S/C34H38ClN7O4/c1-3-28(43)41-12-14-42(15-13-41)33-24-16-26(35)30(29-20(2)4-7-27-25(29)17-36-39-27)32(45-22-5-6-22)31(24)37-34(38-33)46-23-8-10-40(11-9-23)21-18-44-19-21/h3-4,7,16-17,21-23H,1,5-6,8-15,18-19H2,2H3,(H,36,39). The van der Waals surface area contributed by atoms with Crippen molar-refractivity contribution in [2.75, 3.05) is 57.4 Å². The lowest BCUT2D eigenvalue weighted by Gasteiger charge is -2.41. The van der Waals surface area contributed by atoms with Crippen LogP contribution in [-0.4, -0.2) is 107 Å². The van der Waals surface area contributed by atoms with Gasteiger partial charge in [-0.2, -0.15) is 15.1 Å². The second kappa shape index (κ2) is 12.0. The minimum atomic E-state index is -0.0624. The maximum atomic E-state index is 12.3. The zero-order chi connectivity index (χ0) is 31.4. The van der Waals surface area contributed by atoms with Crippen molar-refractivity contribution in [2.45, 2.75) is 50.9 Å². The molecular weight excluding hydrogens is 606 g/mol. The van der Waals surface area contributed by atoms with Gasteiger partial charge in [0.1, 0.15) is 17.4 Å². The van der Waals surface area contributed by atoms with E-state index in [-0.39, 0.29) is 18.1 Å². The number of likely N-dealkylation sites (tertiary alicyclic amines) is 1. The molecule has 2 aromatic heterocycles. The highest BCUT2D eigenvalue weighted by molar-refractivity contribution is 6.35.